The van der Waals surface area contributed by atoms with Gasteiger partial charge in [-0.2, -0.15) is 0 Å². The Balaban J connectivity index is 0.000000231. The van der Waals surface area contributed by atoms with E-state index in [0.29, 0.717) is 58.1 Å². The zero-order valence-electron chi connectivity index (χ0n) is 45.1. The molecular formula is C64H74N6Zn. The van der Waals surface area contributed by atoms with E-state index in [1.807, 2.05) is 24.8 Å². The summed E-state index contributed by atoms with van der Waals surface area (Å²) < 4.78 is 0. The first-order chi connectivity index (χ1) is 33.3. The Morgan fingerprint density at radius 3 is 1.31 bits per heavy atom. The van der Waals surface area contributed by atoms with Crippen LogP contribution in [0.1, 0.15) is 178 Å². The van der Waals surface area contributed by atoms with Gasteiger partial charge in [-0.1, -0.05) is 218 Å². The van der Waals surface area contributed by atoms with Crippen LogP contribution in [0.15, 0.2) is 150 Å². The molecule has 0 atom stereocenters. The first-order valence-electron chi connectivity index (χ1n) is 25.4. The Morgan fingerprint density at radius 1 is 0.423 bits per heavy atom. The number of hydrogen-bond acceptors (Lipinski definition) is 4. The second-order valence-corrected chi connectivity index (χ2v) is 21.6. The van der Waals surface area contributed by atoms with Gasteiger partial charge in [0.2, 0.25) is 0 Å². The summed E-state index contributed by atoms with van der Waals surface area (Å²) in [4.78, 5) is 28.0. The summed E-state index contributed by atoms with van der Waals surface area (Å²) in [5.74, 6) is 4.01. The molecule has 8 rings (SSSR count). The van der Waals surface area contributed by atoms with Crippen molar-refractivity contribution in [3.63, 3.8) is 0 Å². The number of benzene rings is 4. The van der Waals surface area contributed by atoms with Crippen molar-refractivity contribution in [2.45, 2.75) is 145 Å². The van der Waals surface area contributed by atoms with Crippen molar-refractivity contribution in [3.05, 3.63) is 190 Å². The fraction of sp³-hybridized carbons (Fsp3) is 0.344. The zero-order chi connectivity index (χ0) is 50.4. The third kappa shape index (κ3) is 12.7. The molecule has 0 aliphatic heterocycles. The van der Waals surface area contributed by atoms with Crippen LogP contribution in [0, 0.1) is 0 Å². The second-order valence-electron chi connectivity index (χ2n) is 21.6. The molecule has 4 aromatic heterocycles. The van der Waals surface area contributed by atoms with E-state index < -0.39 is 0 Å². The fourth-order valence-corrected chi connectivity index (χ4v) is 9.50. The largest absolute Gasteiger partial charge is 2.00 e. The Hall–Kier alpha value is -6.04. The fourth-order valence-electron chi connectivity index (χ4n) is 9.50. The number of pyridine rings is 4. The van der Waals surface area contributed by atoms with Crippen molar-refractivity contribution in [1.82, 2.24) is 19.9 Å². The van der Waals surface area contributed by atoms with Crippen LogP contribution in [0.2, 0.25) is 0 Å². The van der Waals surface area contributed by atoms with Crippen molar-refractivity contribution in [2.75, 3.05) is 0 Å². The molecule has 4 aromatic carbocycles. The molecule has 0 radical (unpaired) electrons. The van der Waals surface area contributed by atoms with Gasteiger partial charge in [-0.25, -0.2) is 0 Å². The van der Waals surface area contributed by atoms with E-state index in [0.717, 1.165) is 21.9 Å². The molecule has 0 fully saturated rings. The van der Waals surface area contributed by atoms with Gasteiger partial charge in [-0.05, 0) is 143 Å². The van der Waals surface area contributed by atoms with Crippen LogP contribution in [-0.4, -0.2) is 9.97 Å². The van der Waals surface area contributed by atoms with Gasteiger partial charge < -0.3 is 20.0 Å². The minimum absolute atomic E-state index is 0. The second kappa shape index (κ2) is 23.5. The van der Waals surface area contributed by atoms with Crippen LogP contribution in [0.25, 0.3) is 44.2 Å². The maximum Gasteiger partial charge on any atom is 2.00 e. The van der Waals surface area contributed by atoms with E-state index in [2.05, 4.69) is 239 Å². The van der Waals surface area contributed by atoms with E-state index >= 15 is 0 Å². The molecular weight excluding hydrogens is 918 g/mol. The molecule has 0 bridgehead atoms. The van der Waals surface area contributed by atoms with Crippen LogP contribution < -0.4 is 20.9 Å². The molecule has 0 aliphatic rings. The summed E-state index contributed by atoms with van der Waals surface area (Å²) >= 11 is 0. The molecule has 0 saturated heterocycles. The van der Waals surface area contributed by atoms with E-state index in [1.54, 1.807) is 0 Å². The first-order valence-corrected chi connectivity index (χ1v) is 25.4. The quantitative estimate of drug-likeness (QED) is 0.121. The maximum absolute atomic E-state index is 4.89. The molecule has 0 N–H and O–H groups in total. The molecule has 4 heterocycles. The van der Waals surface area contributed by atoms with Crippen molar-refractivity contribution in [1.29, 1.82) is 0 Å². The minimum atomic E-state index is 0. The maximum atomic E-state index is 4.89. The monoisotopic (exact) mass is 991 g/mol. The minimum Gasteiger partial charge on any atom is -0.443 e. The number of aromatic nitrogens is 4. The molecule has 0 unspecified atom stereocenters. The molecule has 0 aliphatic carbocycles. The molecule has 7 heteroatoms. The van der Waals surface area contributed by atoms with Crippen LogP contribution in [0.4, 0.5) is 11.6 Å². The third-order valence-corrected chi connectivity index (χ3v) is 13.3. The van der Waals surface area contributed by atoms with Crippen molar-refractivity contribution in [2.24, 2.45) is 9.98 Å². The Morgan fingerprint density at radius 2 is 0.845 bits per heavy atom. The van der Waals surface area contributed by atoms with Gasteiger partial charge in [0.25, 0.3) is 0 Å². The van der Waals surface area contributed by atoms with Gasteiger partial charge in [-0.3, -0.25) is 9.97 Å². The smallest absolute Gasteiger partial charge is 0.443 e. The normalized spacial score (nSPS) is 12.4. The average molecular weight is 993 g/mol. The van der Waals surface area contributed by atoms with E-state index in [1.165, 1.54) is 61.2 Å². The summed E-state index contributed by atoms with van der Waals surface area (Å²) in [7, 11) is 0. The van der Waals surface area contributed by atoms with E-state index in [4.69, 9.17) is 9.98 Å². The Bertz CT molecular complexity index is 3150. The molecule has 0 spiro atoms. The van der Waals surface area contributed by atoms with Crippen LogP contribution in [0.3, 0.4) is 0 Å². The molecule has 0 saturated carbocycles. The van der Waals surface area contributed by atoms with Gasteiger partial charge >= 0.3 is 19.5 Å². The molecule has 6 nitrogen and oxygen atoms in total. The van der Waals surface area contributed by atoms with E-state index in [-0.39, 0.29) is 24.9 Å². The Kier molecular flexibility index (Phi) is 17.9. The predicted molar refractivity (Wildman–Crippen MR) is 295 cm³/mol. The van der Waals surface area contributed by atoms with Crippen molar-refractivity contribution < 1.29 is 19.5 Å². The van der Waals surface area contributed by atoms with Gasteiger partial charge in [0.1, 0.15) is 0 Å². The molecule has 8 aromatic rings. The average Bonchev–Trinajstić information content (AvgIpc) is 3.33. The molecule has 0 amide bonds. The van der Waals surface area contributed by atoms with Gasteiger partial charge in [0, 0.05) is 17.8 Å². The van der Waals surface area contributed by atoms with Crippen LogP contribution in [-0.2, 0) is 24.9 Å². The zero-order valence-corrected chi connectivity index (χ0v) is 48.1. The van der Waals surface area contributed by atoms with E-state index in [9.17, 15) is 0 Å². The summed E-state index contributed by atoms with van der Waals surface area (Å²) in [6, 6.07) is 41.3. The Labute approximate surface area is 437 Å². The topological polar surface area (TPSA) is 78.7 Å². The molecule has 71 heavy (non-hydrogen) atoms. The van der Waals surface area contributed by atoms with Gasteiger partial charge in [-0.15, -0.1) is 0 Å². The summed E-state index contributed by atoms with van der Waals surface area (Å²) in [6.07, 6.45) is 7.41. The summed E-state index contributed by atoms with van der Waals surface area (Å²) in [5, 5.41) is 2.18. The van der Waals surface area contributed by atoms with Crippen LogP contribution in [0.5, 0.6) is 0 Å². The number of fused-ring (bicyclic) bond motifs is 1. The van der Waals surface area contributed by atoms with Gasteiger partial charge in [0.05, 0.1) is 11.6 Å². The van der Waals surface area contributed by atoms with Crippen molar-refractivity contribution in [3.8, 4) is 33.4 Å². The molecule has 362 valence electrons. The standard InChI is InChI=1S/C34H40N3.C30H34N3.Zn/c1-21(2)27-11-9-12-28(22(3)4)33(27)25-15-17-35-31(19-25)37-32-20-26(16-18-36-32)34-29(23(5)6)13-10-14-30(34)24(7)8;1-19(2)24-9-8-10-25(20(3)4)28(24)22-11-12-26-21(17-22)13-15-32-29(26)33-27-18-23(14-16-31-27)30(5,6)7;/h9-24H,1-8H3;8-20H,1-7H3;/q2*-1;+2. The first kappa shape index (κ1) is 54.3. The van der Waals surface area contributed by atoms with Crippen molar-refractivity contribution >= 4 is 22.4 Å². The predicted octanol–water partition coefficient (Wildman–Crippen LogP) is 16.7. The third-order valence-electron chi connectivity index (χ3n) is 13.3. The number of rotatable bonds is 11. The number of hydrogen-bond donors (Lipinski definition) is 0. The SMILES string of the molecule is CC(C)c1cccc(C(C)C)c1-c1ccc2c(N=c3cc(C(C)(C)C)cc[n-]3)nccc2c1.CC(C)c1cccc(C(C)C)c1-c1ccnc(N=c2cc(-c3c(C(C)C)cccc3C(C)C)cc[n-]2)c1.[Zn+2]. The summed E-state index contributed by atoms with van der Waals surface area (Å²) in [6.45, 7) is 33.7. The van der Waals surface area contributed by atoms with Gasteiger partial charge in [0.15, 0.2) is 0 Å². The summed E-state index contributed by atoms with van der Waals surface area (Å²) in [5.41, 5.74) is 18.4. The number of nitrogens with zero attached hydrogens (tertiary/aromatic N) is 6. The van der Waals surface area contributed by atoms with Crippen LogP contribution >= 0.6 is 0 Å².